The van der Waals surface area contributed by atoms with Crippen LogP contribution in [0.5, 0.6) is 0 Å². The number of nitrogens with zero attached hydrogens (tertiary/aromatic N) is 2. The number of aromatic amines is 2. The van der Waals surface area contributed by atoms with Crippen LogP contribution in [0, 0.1) is 13.8 Å². The minimum Gasteiger partial charge on any atom is -0.346 e. The smallest absolute Gasteiger partial charge is 0.220 e. The highest BCUT2D eigenvalue weighted by atomic mass is 16.1. The molecule has 4 rings (SSSR count). The average molecular weight is 387 g/mol. The summed E-state index contributed by atoms with van der Waals surface area (Å²) in [5.41, 5.74) is 6.11. The van der Waals surface area contributed by atoms with Gasteiger partial charge in [0, 0.05) is 12.1 Å². The molecule has 0 radical (unpaired) electrons. The van der Waals surface area contributed by atoms with E-state index in [0.717, 1.165) is 39.4 Å². The van der Waals surface area contributed by atoms with Crippen LogP contribution in [0.1, 0.15) is 40.8 Å². The first-order valence-corrected chi connectivity index (χ1v) is 9.88. The fourth-order valence-corrected chi connectivity index (χ4v) is 3.65. The summed E-state index contributed by atoms with van der Waals surface area (Å²) < 4.78 is 0. The second kappa shape index (κ2) is 8.31. The van der Waals surface area contributed by atoms with E-state index in [4.69, 9.17) is 4.98 Å². The van der Waals surface area contributed by atoms with Crippen molar-refractivity contribution in [1.29, 1.82) is 0 Å². The lowest BCUT2D eigenvalue weighted by molar-refractivity contribution is -0.121. The minimum absolute atomic E-state index is 0.00591. The van der Waals surface area contributed by atoms with Crippen molar-refractivity contribution in [3.05, 3.63) is 82.9 Å². The number of nitrogens with one attached hydrogen (secondary N) is 3. The number of carbonyl (C=O) groups excluding carboxylic acids is 1. The van der Waals surface area contributed by atoms with Gasteiger partial charge in [0.2, 0.25) is 5.91 Å². The Hall–Kier alpha value is -3.41. The fraction of sp³-hybridized carbons (Fsp3) is 0.261. The molecule has 0 saturated carbocycles. The van der Waals surface area contributed by atoms with Crippen molar-refractivity contribution in [2.45, 2.75) is 39.2 Å². The van der Waals surface area contributed by atoms with E-state index < -0.39 is 0 Å². The molecule has 29 heavy (non-hydrogen) atoms. The number of hydrogen-bond donors (Lipinski definition) is 3. The van der Waals surface area contributed by atoms with E-state index in [2.05, 4.69) is 32.6 Å². The average Bonchev–Trinajstić information content (AvgIpc) is 3.30. The molecule has 3 N–H and O–H groups in total. The molecule has 0 aliphatic rings. The van der Waals surface area contributed by atoms with Crippen LogP contribution in [0.15, 0.2) is 54.6 Å². The van der Waals surface area contributed by atoms with E-state index in [1.165, 1.54) is 0 Å². The highest BCUT2D eigenvalue weighted by molar-refractivity contribution is 5.78. The number of H-pyrrole nitrogens is 2. The Labute approximate surface area is 169 Å². The highest BCUT2D eigenvalue weighted by Crippen LogP contribution is 2.20. The fourth-order valence-electron chi connectivity index (χ4n) is 3.65. The lowest BCUT2D eigenvalue weighted by Gasteiger charge is -2.17. The predicted octanol–water partition coefficient (Wildman–Crippen LogP) is 3.94. The zero-order valence-electron chi connectivity index (χ0n) is 16.7. The summed E-state index contributed by atoms with van der Waals surface area (Å²) in [6, 6.07) is 17.9. The number of aromatic nitrogens is 4. The molecule has 2 heterocycles. The van der Waals surface area contributed by atoms with Crippen molar-refractivity contribution >= 4 is 16.9 Å². The van der Waals surface area contributed by atoms with Gasteiger partial charge in [-0.25, -0.2) is 4.98 Å². The zero-order valence-corrected chi connectivity index (χ0v) is 16.7. The van der Waals surface area contributed by atoms with E-state index >= 15 is 0 Å². The number of fused-ring (bicyclic) bond motifs is 1. The Bertz CT molecular complexity index is 1060. The quantitative estimate of drug-likeness (QED) is 0.449. The first-order chi connectivity index (χ1) is 14.1. The molecule has 0 bridgehead atoms. The normalized spacial score (nSPS) is 12.2. The summed E-state index contributed by atoms with van der Waals surface area (Å²) in [6.45, 7) is 3.95. The lowest BCUT2D eigenvalue weighted by Crippen LogP contribution is -2.31. The molecule has 0 fully saturated rings. The van der Waals surface area contributed by atoms with Crippen LogP contribution in [0.2, 0.25) is 0 Å². The molecule has 2 aromatic heterocycles. The van der Waals surface area contributed by atoms with Gasteiger partial charge >= 0.3 is 0 Å². The number of para-hydroxylation sites is 2. The monoisotopic (exact) mass is 387 g/mol. The predicted molar refractivity (Wildman–Crippen MR) is 114 cm³/mol. The molecule has 0 saturated heterocycles. The van der Waals surface area contributed by atoms with Gasteiger partial charge in [-0.2, -0.15) is 5.10 Å². The maximum absolute atomic E-state index is 12.8. The topological polar surface area (TPSA) is 86.5 Å². The first kappa shape index (κ1) is 18.9. The standard InChI is InChI=1S/C23H25N5O/c1-15-18(16(2)28-27-15)12-13-22(29)24-21(14-17-8-4-3-5-9-17)23-25-19-10-6-7-11-20(19)26-23/h3-11,21H,12-14H2,1-2H3,(H,24,29)(H,25,26)(H,27,28). The number of amides is 1. The molecule has 1 amide bonds. The molecule has 2 aromatic carbocycles. The van der Waals surface area contributed by atoms with Crippen molar-refractivity contribution in [2.75, 3.05) is 0 Å². The Balaban J connectivity index is 1.52. The van der Waals surface area contributed by atoms with Crippen LogP contribution in [-0.2, 0) is 17.6 Å². The van der Waals surface area contributed by atoms with Crippen LogP contribution in [0.25, 0.3) is 11.0 Å². The molecule has 1 unspecified atom stereocenters. The third kappa shape index (κ3) is 4.37. The van der Waals surface area contributed by atoms with Gasteiger partial charge in [-0.3, -0.25) is 9.89 Å². The van der Waals surface area contributed by atoms with Crippen molar-refractivity contribution in [2.24, 2.45) is 0 Å². The van der Waals surface area contributed by atoms with Crippen molar-refractivity contribution in [3.8, 4) is 0 Å². The number of imidazole rings is 1. The molecule has 4 aromatic rings. The van der Waals surface area contributed by atoms with Crippen LogP contribution in [0.3, 0.4) is 0 Å². The van der Waals surface area contributed by atoms with Crippen LogP contribution in [-0.4, -0.2) is 26.1 Å². The maximum atomic E-state index is 12.8. The molecule has 1 atom stereocenters. The Kier molecular flexibility index (Phi) is 5.42. The van der Waals surface area contributed by atoms with Gasteiger partial charge in [-0.15, -0.1) is 0 Å². The summed E-state index contributed by atoms with van der Waals surface area (Å²) in [5, 5.41) is 10.4. The number of hydrogen-bond acceptors (Lipinski definition) is 3. The van der Waals surface area contributed by atoms with E-state index in [-0.39, 0.29) is 11.9 Å². The molecule has 0 aliphatic carbocycles. The summed E-state index contributed by atoms with van der Waals surface area (Å²) >= 11 is 0. The van der Waals surface area contributed by atoms with Gasteiger partial charge in [0.05, 0.1) is 22.8 Å². The summed E-state index contributed by atoms with van der Waals surface area (Å²) in [4.78, 5) is 20.9. The number of carbonyl (C=O) groups is 1. The largest absolute Gasteiger partial charge is 0.346 e. The van der Waals surface area contributed by atoms with Crippen LogP contribution in [0.4, 0.5) is 0 Å². The molecular weight excluding hydrogens is 362 g/mol. The summed E-state index contributed by atoms with van der Waals surface area (Å²) in [6.07, 6.45) is 1.75. The minimum atomic E-state index is -0.219. The Morgan fingerprint density at radius 2 is 1.83 bits per heavy atom. The van der Waals surface area contributed by atoms with E-state index in [9.17, 15) is 4.79 Å². The Morgan fingerprint density at radius 3 is 2.55 bits per heavy atom. The molecule has 6 nitrogen and oxygen atoms in total. The van der Waals surface area contributed by atoms with Gasteiger partial charge in [0.1, 0.15) is 5.82 Å². The lowest BCUT2D eigenvalue weighted by atomic mass is 10.0. The van der Waals surface area contributed by atoms with Gasteiger partial charge in [0.15, 0.2) is 0 Å². The van der Waals surface area contributed by atoms with E-state index in [1.807, 2.05) is 56.3 Å². The Morgan fingerprint density at radius 1 is 1.07 bits per heavy atom. The SMILES string of the molecule is Cc1n[nH]c(C)c1CCC(=O)NC(Cc1ccccc1)c1nc2ccccc2[nH]1. The van der Waals surface area contributed by atoms with Crippen LogP contribution < -0.4 is 5.32 Å². The summed E-state index contributed by atoms with van der Waals surface area (Å²) in [5.74, 6) is 0.783. The second-order valence-electron chi connectivity index (χ2n) is 7.36. The van der Waals surface area contributed by atoms with Gasteiger partial charge < -0.3 is 10.3 Å². The highest BCUT2D eigenvalue weighted by Gasteiger charge is 2.19. The summed E-state index contributed by atoms with van der Waals surface area (Å²) in [7, 11) is 0. The van der Waals surface area contributed by atoms with Crippen LogP contribution >= 0.6 is 0 Å². The van der Waals surface area contributed by atoms with Gasteiger partial charge in [0.25, 0.3) is 0 Å². The molecule has 6 heteroatoms. The molecule has 0 aliphatic heterocycles. The van der Waals surface area contributed by atoms with Gasteiger partial charge in [-0.1, -0.05) is 42.5 Å². The van der Waals surface area contributed by atoms with Crippen molar-refractivity contribution in [3.63, 3.8) is 0 Å². The van der Waals surface area contributed by atoms with E-state index in [1.54, 1.807) is 0 Å². The first-order valence-electron chi connectivity index (χ1n) is 9.88. The number of aryl methyl sites for hydroxylation is 2. The van der Waals surface area contributed by atoms with Gasteiger partial charge in [-0.05, 0) is 49.9 Å². The maximum Gasteiger partial charge on any atom is 0.220 e. The number of benzene rings is 2. The molecular formula is C23H25N5O. The third-order valence-corrected chi connectivity index (χ3v) is 5.24. The van der Waals surface area contributed by atoms with Crippen molar-refractivity contribution < 1.29 is 4.79 Å². The molecule has 0 spiro atoms. The third-order valence-electron chi connectivity index (χ3n) is 5.24. The molecule has 148 valence electrons. The van der Waals surface area contributed by atoms with Crippen molar-refractivity contribution in [1.82, 2.24) is 25.5 Å². The second-order valence-corrected chi connectivity index (χ2v) is 7.36. The number of rotatable bonds is 7. The van der Waals surface area contributed by atoms with E-state index in [0.29, 0.717) is 19.3 Å². The zero-order chi connectivity index (χ0) is 20.2.